The fourth-order valence-corrected chi connectivity index (χ4v) is 10.8. The molecular formula is C58H35N3. The molecule has 61 heavy (non-hydrogen) atoms. The maximum atomic E-state index is 2.46. The number of hydrogen-bond acceptors (Lipinski definition) is 0. The highest BCUT2D eigenvalue weighted by atomic mass is 15.0. The second kappa shape index (κ2) is 12.2. The van der Waals surface area contributed by atoms with Gasteiger partial charge in [0.25, 0.3) is 0 Å². The number of nitrogens with zero attached hydrogens (tertiary/aromatic N) is 3. The van der Waals surface area contributed by atoms with Crippen LogP contribution in [0.25, 0.3) is 127 Å². The van der Waals surface area contributed by atoms with Crippen LogP contribution >= 0.6 is 0 Å². The first kappa shape index (κ1) is 32.8. The lowest BCUT2D eigenvalue weighted by molar-refractivity contribution is 1.17. The molecule has 0 saturated carbocycles. The van der Waals surface area contributed by atoms with Crippen molar-refractivity contribution >= 4 is 76.2 Å². The molecule has 0 atom stereocenters. The monoisotopic (exact) mass is 773 g/mol. The van der Waals surface area contributed by atoms with E-state index >= 15 is 0 Å². The van der Waals surface area contributed by atoms with Gasteiger partial charge in [0.1, 0.15) is 0 Å². The number of para-hydroxylation sites is 4. The molecule has 0 N–H and O–H groups in total. The highest BCUT2D eigenvalue weighted by Crippen LogP contribution is 2.51. The number of fused-ring (bicyclic) bond motifs is 13. The van der Waals surface area contributed by atoms with Crippen molar-refractivity contribution < 1.29 is 0 Å². The van der Waals surface area contributed by atoms with Crippen LogP contribution in [-0.2, 0) is 0 Å². The summed E-state index contributed by atoms with van der Waals surface area (Å²) in [6.07, 6.45) is 0. The summed E-state index contributed by atoms with van der Waals surface area (Å²) in [4.78, 5) is 0. The van der Waals surface area contributed by atoms with Crippen molar-refractivity contribution in [1.29, 1.82) is 0 Å². The SMILES string of the molecule is c1ccc(-n2c3ccccc3c3cc(-n4c5ccccc5c5cc(-c6ccc7c(c6)c6c8cccc9c8c(cc6n7-c6ccccc6)-c6ccccc6-9)ccc54)ccc32)cc1. The molecule has 0 radical (unpaired) electrons. The van der Waals surface area contributed by atoms with Gasteiger partial charge in [-0.2, -0.15) is 0 Å². The van der Waals surface area contributed by atoms with E-state index < -0.39 is 0 Å². The summed E-state index contributed by atoms with van der Waals surface area (Å²) in [5, 5.41) is 10.2. The Morgan fingerprint density at radius 3 is 1.34 bits per heavy atom. The van der Waals surface area contributed by atoms with E-state index in [0.29, 0.717) is 0 Å². The van der Waals surface area contributed by atoms with Gasteiger partial charge < -0.3 is 13.7 Å². The molecule has 3 heterocycles. The van der Waals surface area contributed by atoms with Crippen molar-refractivity contribution in [2.24, 2.45) is 0 Å². The zero-order valence-corrected chi connectivity index (χ0v) is 33.0. The Morgan fingerprint density at radius 1 is 0.213 bits per heavy atom. The van der Waals surface area contributed by atoms with Crippen molar-refractivity contribution in [3.63, 3.8) is 0 Å². The quantitative estimate of drug-likeness (QED) is 0.169. The van der Waals surface area contributed by atoms with Gasteiger partial charge in [0.2, 0.25) is 0 Å². The minimum Gasteiger partial charge on any atom is -0.309 e. The van der Waals surface area contributed by atoms with Crippen molar-refractivity contribution in [2.75, 3.05) is 0 Å². The van der Waals surface area contributed by atoms with Crippen molar-refractivity contribution in [2.45, 2.75) is 0 Å². The summed E-state index contributed by atoms with van der Waals surface area (Å²) in [6.45, 7) is 0. The maximum absolute atomic E-state index is 2.46. The second-order valence-electron chi connectivity index (χ2n) is 16.5. The molecule has 0 saturated heterocycles. The molecule has 13 aromatic rings. The Morgan fingerprint density at radius 2 is 0.672 bits per heavy atom. The van der Waals surface area contributed by atoms with Crippen LogP contribution in [0.5, 0.6) is 0 Å². The lowest BCUT2D eigenvalue weighted by Gasteiger charge is -2.11. The predicted molar refractivity (Wildman–Crippen MR) is 257 cm³/mol. The first-order valence-electron chi connectivity index (χ1n) is 21.1. The van der Waals surface area contributed by atoms with Gasteiger partial charge in [-0.3, -0.25) is 0 Å². The van der Waals surface area contributed by atoms with E-state index in [1.54, 1.807) is 0 Å². The van der Waals surface area contributed by atoms with E-state index in [4.69, 9.17) is 0 Å². The topological polar surface area (TPSA) is 14.8 Å². The summed E-state index contributed by atoms with van der Waals surface area (Å²) in [5.74, 6) is 0. The van der Waals surface area contributed by atoms with Gasteiger partial charge in [-0.05, 0) is 129 Å². The lowest BCUT2D eigenvalue weighted by atomic mass is 9.96. The fourth-order valence-electron chi connectivity index (χ4n) is 10.8. The van der Waals surface area contributed by atoms with Gasteiger partial charge in [0, 0.05) is 49.4 Å². The average Bonchev–Trinajstić information content (AvgIpc) is 4.05. The Labute approximate surface area is 351 Å². The predicted octanol–water partition coefficient (Wildman–Crippen LogP) is 15.4. The third-order valence-corrected chi connectivity index (χ3v) is 13.3. The van der Waals surface area contributed by atoms with Crippen LogP contribution < -0.4 is 0 Å². The maximum Gasteiger partial charge on any atom is 0.0553 e. The van der Waals surface area contributed by atoms with E-state index in [9.17, 15) is 0 Å². The van der Waals surface area contributed by atoms with Crippen LogP contribution in [0.15, 0.2) is 212 Å². The third-order valence-electron chi connectivity index (χ3n) is 13.3. The molecule has 0 bridgehead atoms. The van der Waals surface area contributed by atoms with Crippen LogP contribution in [0.1, 0.15) is 0 Å². The fraction of sp³-hybridized carbons (Fsp3) is 0. The Hall–Kier alpha value is -8.14. The van der Waals surface area contributed by atoms with Crippen molar-refractivity contribution in [3.8, 4) is 50.4 Å². The number of benzene rings is 10. The summed E-state index contributed by atoms with van der Waals surface area (Å²) < 4.78 is 7.29. The molecule has 0 amide bonds. The largest absolute Gasteiger partial charge is 0.309 e. The first-order chi connectivity index (χ1) is 30.3. The summed E-state index contributed by atoms with van der Waals surface area (Å²) in [6, 6.07) is 78.4. The van der Waals surface area contributed by atoms with Gasteiger partial charge in [-0.15, -0.1) is 0 Å². The highest BCUT2D eigenvalue weighted by Gasteiger charge is 2.26. The molecule has 0 aliphatic heterocycles. The van der Waals surface area contributed by atoms with Gasteiger partial charge in [-0.1, -0.05) is 127 Å². The second-order valence-corrected chi connectivity index (χ2v) is 16.5. The smallest absolute Gasteiger partial charge is 0.0553 e. The molecule has 1 aliphatic carbocycles. The summed E-state index contributed by atoms with van der Waals surface area (Å²) in [5.41, 5.74) is 18.4. The van der Waals surface area contributed by atoms with Crippen molar-refractivity contribution in [1.82, 2.24) is 13.7 Å². The lowest BCUT2D eigenvalue weighted by Crippen LogP contribution is -1.95. The molecule has 3 heteroatoms. The van der Waals surface area contributed by atoms with Gasteiger partial charge in [0.05, 0.1) is 33.1 Å². The number of aromatic nitrogens is 3. The highest BCUT2D eigenvalue weighted by molar-refractivity contribution is 6.29. The Bertz CT molecular complexity index is 3970. The molecule has 10 aromatic carbocycles. The van der Waals surface area contributed by atoms with Crippen LogP contribution in [0.4, 0.5) is 0 Å². The zero-order chi connectivity index (χ0) is 39.8. The number of hydrogen-bond donors (Lipinski definition) is 0. The summed E-state index contributed by atoms with van der Waals surface area (Å²) in [7, 11) is 0. The molecule has 3 nitrogen and oxygen atoms in total. The van der Waals surface area contributed by atoms with Crippen LogP contribution in [-0.4, -0.2) is 13.7 Å². The molecule has 0 unspecified atom stereocenters. The normalized spacial score (nSPS) is 12.3. The van der Waals surface area contributed by atoms with E-state index in [0.717, 1.165) is 5.69 Å². The van der Waals surface area contributed by atoms with Gasteiger partial charge in [-0.25, -0.2) is 0 Å². The van der Waals surface area contributed by atoms with Crippen LogP contribution in [0, 0.1) is 0 Å². The number of rotatable bonds is 4. The minimum absolute atomic E-state index is 1.16. The molecule has 1 aliphatic rings. The van der Waals surface area contributed by atoms with Crippen LogP contribution in [0.2, 0.25) is 0 Å². The molecule has 0 spiro atoms. The van der Waals surface area contributed by atoms with E-state index in [-0.39, 0.29) is 0 Å². The van der Waals surface area contributed by atoms with E-state index in [2.05, 4.69) is 226 Å². The zero-order valence-electron chi connectivity index (χ0n) is 33.0. The minimum atomic E-state index is 1.16. The molecular weight excluding hydrogens is 739 g/mol. The van der Waals surface area contributed by atoms with E-state index in [1.165, 1.54) is 121 Å². The Balaban J connectivity index is 0.983. The summed E-state index contributed by atoms with van der Waals surface area (Å²) >= 11 is 0. The van der Waals surface area contributed by atoms with Gasteiger partial charge >= 0.3 is 0 Å². The molecule has 282 valence electrons. The van der Waals surface area contributed by atoms with Gasteiger partial charge in [0.15, 0.2) is 0 Å². The molecule has 0 fully saturated rings. The van der Waals surface area contributed by atoms with E-state index in [1.807, 2.05) is 0 Å². The Kier molecular flexibility index (Phi) is 6.56. The molecule has 3 aromatic heterocycles. The average molecular weight is 774 g/mol. The van der Waals surface area contributed by atoms with Crippen LogP contribution in [0.3, 0.4) is 0 Å². The van der Waals surface area contributed by atoms with Crippen molar-refractivity contribution in [3.05, 3.63) is 212 Å². The molecule has 14 rings (SSSR count). The standard InChI is InChI=1S/C58H35N3/c1-3-14-38(15-4-1)59-51-24-11-10-21-44(51)48-34-40(28-31-54(48)59)61-52-25-12-9-20-43(52)47-32-36(26-29-53(47)61)37-27-30-55-50(33-37)58-46-23-13-22-45-41-18-7-8-19-42(41)49(57(45)46)35-56(58)60(55)39-16-5-2-6-17-39/h1-35H. The first-order valence-corrected chi connectivity index (χ1v) is 21.1. The third kappa shape index (κ3) is 4.47.